The Hall–Kier alpha value is -1.32. The van der Waals surface area contributed by atoms with Crippen molar-refractivity contribution in [1.29, 1.82) is 0 Å². The van der Waals surface area contributed by atoms with E-state index in [9.17, 15) is 0 Å². The third-order valence-corrected chi connectivity index (χ3v) is 4.61. The van der Waals surface area contributed by atoms with Gasteiger partial charge in [0.2, 0.25) is 0 Å². The van der Waals surface area contributed by atoms with Gasteiger partial charge in [-0.1, -0.05) is 24.3 Å². The second-order valence-electron chi connectivity index (χ2n) is 4.83. The Labute approximate surface area is 118 Å². The molecule has 2 aromatic rings. The number of aromatic nitrogens is 1. The summed E-state index contributed by atoms with van der Waals surface area (Å²) in [6.07, 6.45) is 4.79. The second-order valence-corrected chi connectivity index (χ2v) is 5.86. The van der Waals surface area contributed by atoms with Crippen LogP contribution in [0.2, 0.25) is 0 Å². The van der Waals surface area contributed by atoms with E-state index in [0.717, 1.165) is 18.7 Å². The molecule has 3 heteroatoms. The summed E-state index contributed by atoms with van der Waals surface area (Å²) in [5, 5.41) is 3.69. The number of hydrogen-bond acceptors (Lipinski definition) is 3. The zero-order valence-electron chi connectivity index (χ0n) is 10.9. The van der Waals surface area contributed by atoms with E-state index in [2.05, 4.69) is 46.7 Å². The molecule has 0 radical (unpaired) electrons. The highest BCUT2D eigenvalue weighted by Crippen LogP contribution is 2.31. The molecule has 2 nitrogen and oxygen atoms in total. The predicted octanol–water partition coefficient (Wildman–Crippen LogP) is 3.20. The molecule has 1 aliphatic rings. The van der Waals surface area contributed by atoms with Gasteiger partial charge in [-0.25, -0.2) is 0 Å². The molecule has 19 heavy (non-hydrogen) atoms. The number of hydrogen-bond donors (Lipinski definition) is 1. The van der Waals surface area contributed by atoms with Gasteiger partial charge in [0.25, 0.3) is 0 Å². The summed E-state index contributed by atoms with van der Waals surface area (Å²) in [6.45, 7) is 1.02. The number of pyridine rings is 1. The monoisotopic (exact) mass is 270 g/mol. The van der Waals surface area contributed by atoms with Gasteiger partial charge in [0, 0.05) is 29.9 Å². The van der Waals surface area contributed by atoms with Gasteiger partial charge in [0.05, 0.1) is 0 Å². The Bertz CT molecular complexity index is 527. The van der Waals surface area contributed by atoms with E-state index in [4.69, 9.17) is 0 Å². The number of rotatable bonds is 4. The van der Waals surface area contributed by atoms with E-state index in [1.54, 1.807) is 0 Å². The van der Waals surface area contributed by atoms with Crippen LogP contribution in [0.5, 0.6) is 0 Å². The van der Waals surface area contributed by atoms with Crippen molar-refractivity contribution in [3.8, 4) is 0 Å². The third kappa shape index (κ3) is 3.17. The van der Waals surface area contributed by atoms with E-state index in [-0.39, 0.29) is 0 Å². The first-order chi connectivity index (χ1) is 9.43. The number of thioether (sulfide) groups is 1. The molecule has 2 heterocycles. The van der Waals surface area contributed by atoms with E-state index in [0.29, 0.717) is 6.04 Å². The molecule has 0 bridgehead atoms. The quantitative estimate of drug-likeness (QED) is 0.923. The van der Waals surface area contributed by atoms with Gasteiger partial charge in [-0.3, -0.25) is 4.98 Å². The topological polar surface area (TPSA) is 24.9 Å². The predicted molar refractivity (Wildman–Crippen MR) is 81.3 cm³/mol. The molecule has 0 aliphatic carbocycles. The summed E-state index contributed by atoms with van der Waals surface area (Å²) < 4.78 is 0. The third-order valence-electron chi connectivity index (χ3n) is 3.53. The molecule has 1 N–H and O–H groups in total. The van der Waals surface area contributed by atoms with Gasteiger partial charge in [0.15, 0.2) is 0 Å². The van der Waals surface area contributed by atoms with E-state index in [1.165, 1.54) is 22.4 Å². The highest BCUT2D eigenvalue weighted by molar-refractivity contribution is 7.98. The molecule has 0 fully saturated rings. The SMILES string of the molecule is c1ccc2c(c1)CSCC2NCCc1ccncc1. The number of fused-ring (bicyclic) bond motifs is 1. The Kier molecular flexibility index (Phi) is 4.16. The first-order valence-electron chi connectivity index (χ1n) is 6.71. The van der Waals surface area contributed by atoms with Crippen molar-refractivity contribution >= 4 is 11.8 Å². The highest BCUT2D eigenvalue weighted by atomic mass is 32.2. The summed E-state index contributed by atoms with van der Waals surface area (Å²) in [5.41, 5.74) is 4.32. The van der Waals surface area contributed by atoms with Crippen LogP contribution in [0.1, 0.15) is 22.7 Å². The van der Waals surface area contributed by atoms with E-state index < -0.39 is 0 Å². The first-order valence-corrected chi connectivity index (χ1v) is 7.87. The maximum atomic E-state index is 4.05. The Morgan fingerprint density at radius 2 is 2.00 bits per heavy atom. The standard InChI is InChI=1S/C16H18N2S/c1-2-4-15-14(3-1)11-19-12-16(15)18-10-7-13-5-8-17-9-6-13/h1-6,8-9,16,18H,7,10-12H2. The second kappa shape index (κ2) is 6.22. The summed E-state index contributed by atoms with van der Waals surface area (Å²) in [5.74, 6) is 2.33. The van der Waals surface area contributed by atoms with Gasteiger partial charge >= 0.3 is 0 Å². The average molecular weight is 270 g/mol. The van der Waals surface area contributed by atoms with Crippen LogP contribution in [-0.2, 0) is 12.2 Å². The van der Waals surface area contributed by atoms with E-state index in [1.807, 2.05) is 24.2 Å². The lowest BCUT2D eigenvalue weighted by molar-refractivity contribution is 0.577. The van der Waals surface area contributed by atoms with Crippen molar-refractivity contribution in [2.75, 3.05) is 12.3 Å². The Balaban J connectivity index is 1.59. The summed E-state index contributed by atoms with van der Waals surface area (Å²) in [4.78, 5) is 4.05. The van der Waals surface area contributed by atoms with Crippen LogP contribution < -0.4 is 5.32 Å². The summed E-state index contributed by atoms with van der Waals surface area (Å²) in [6, 6.07) is 13.5. The van der Waals surface area contributed by atoms with Gasteiger partial charge in [-0.2, -0.15) is 11.8 Å². The van der Waals surface area contributed by atoms with Crippen LogP contribution in [0.3, 0.4) is 0 Å². The number of nitrogens with one attached hydrogen (secondary N) is 1. The minimum atomic E-state index is 0.497. The van der Waals surface area contributed by atoms with Crippen molar-refractivity contribution in [2.24, 2.45) is 0 Å². The maximum absolute atomic E-state index is 4.05. The van der Waals surface area contributed by atoms with Crippen molar-refractivity contribution < 1.29 is 0 Å². The summed E-state index contributed by atoms with van der Waals surface area (Å²) >= 11 is 2.02. The van der Waals surface area contributed by atoms with Gasteiger partial charge in [0.1, 0.15) is 0 Å². The molecule has 0 saturated heterocycles. The van der Waals surface area contributed by atoms with Crippen LogP contribution in [0.4, 0.5) is 0 Å². The van der Waals surface area contributed by atoms with Crippen LogP contribution >= 0.6 is 11.8 Å². The molecule has 1 atom stereocenters. The molecule has 3 rings (SSSR count). The van der Waals surface area contributed by atoms with Crippen molar-refractivity contribution in [1.82, 2.24) is 10.3 Å². The molecule has 0 amide bonds. The minimum absolute atomic E-state index is 0.497. The van der Waals surface area contributed by atoms with Gasteiger partial charge in [-0.15, -0.1) is 0 Å². The molecule has 98 valence electrons. The van der Waals surface area contributed by atoms with Crippen molar-refractivity contribution in [3.63, 3.8) is 0 Å². The molecule has 1 unspecified atom stereocenters. The number of benzene rings is 1. The molecular weight excluding hydrogens is 252 g/mol. The van der Waals surface area contributed by atoms with Crippen LogP contribution in [0, 0.1) is 0 Å². The minimum Gasteiger partial charge on any atom is -0.309 e. The smallest absolute Gasteiger partial charge is 0.0415 e. The lowest BCUT2D eigenvalue weighted by atomic mass is 10.0. The molecule has 1 aliphatic heterocycles. The Morgan fingerprint density at radius 3 is 2.89 bits per heavy atom. The fourth-order valence-electron chi connectivity index (χ4n) is 2.49. The van der Waals surface area contributed by atoms with Crippen LogP contribution in [0.25, 0.3) is 0 Å². The highest BCUT2D eigenvalue weighted by Gasteiger charge is 2.18. The maximum Gasteiger partial charge on any atom is 0.0415 e. The average Bonchev–Trinajstić information content (AvgIpc) is 2.49. The molecular formula is C16H18N2S. The van der Waals surface area contributed by atoms with Crippen LogP contribution in [0.15, 0.2) is 48.8 Å². The Morgan fingerprint density at radius 1 is 1.16 bits per heavy atom. The fraction of sp³-hybridized carbons (Fsp3) is 0.312. The van der Waals surface area contributed by atoms with Crippen molar-refractivity contribution in [3.05, 3.63) is 65.5 Å². The van der Waals surface area contributed by atoms with E-state index >= 15 is 0 Å². The normalized spacial score (nSPS) is 18.0. The van der Waals surface area contributed by atoms with Gasteiger partial charge in [-0.05, 0) is 41.8 Å². The largest absolute Gasteiger partial charge is 0.309 e. The molecule has 0 spiro atoms. The number of nitrogens with zero attached hydrogens (tertiary/aromatic N) is 1. The lowest BCUT2D eigenvalue weighted by Crippen LogP contribution is -2.28. The molecule has 1 aromatic carbocycles. The molecule has 1 aromatic heterocycles. The molecule has 0 saturated carbocycles. The summed E-state index contributed by atoms with van der Waals surface area (Å²) in [7, 11) is 0. The fourth-order valence-corrected chi connectivity index (χ4v) is 3.62. The first kappa shape index (κ1) is 12.7. The zero-order valence-corrected chi connectivity index (χ0v) is 11.7. The van der Waals surface area contributed by atoms with Crippen molar-refractivity contribution in [2.45, 2.75) is 18.2 Å². The van der Waals surface area contributed by atoms with Crippen LogP contribution in [-0.4, -0.2) is 17.3 Å². The zero-order chi connectivity index (χ0) is 12.9. The lowest BCUT2D eigenvalue weighted by Gasteiger charge is -2.26. The van der Waals surface area contributed by atoms with Gasteiger partial charge < -0.3 is 5.32 Å².